The molecule has 2 fully saturated rings. The fraction of sp³-hybridized carbons (Fsp3) is 0.438. The Hall–Kier alpha value is -1.95. The maximum absolute atomic E-state index is 12.4. The zero-order valence-electron chi connectivity index (χ0n) is 12.4. The van der Waals surface area contributed by atoms with Crippen molar-refractivity contribution in [1.82, 2.24) is 15.1 Å². The van der Waals surface area contributed by atoms with E-state index in [0.29, 0.717) is 17.2 Å². The molecule has 6 heteroatoms. The lowest BCUT2D eigenvalue weighted by Crippen LogP contribution is -2.35. The maximum Gasteiger partial charge on any atom is 0.253 e. The van der Waals surface area contributed by atoms with E-state index in [9.17, 15) is 9.59 Å². The molecule has 0 bridgehead atoms. The van der Waals surface area contributed by atoms with Crippen LogP contribution in [0.3, 0.4) is 0 Å². The SMILES string of the molecule is O=C(c1ccc(CN2C(=O)CNC2=S)cc1)N1CCCCC1. The fourth-order valence-corrected chi connectivity index (χ4v) is 3.07. The summed E-state index contributed by atoms with van der Waals surface area (Å²) < 4.78 is 0. The lowest BCUT2D eigenvalue weighted by molar-refractivity contribution is -0.124. The van der Waals surface area contributed by atoms with Crippen LogP contribution >= 0.6 is 12.2 Å². The van der Waals surface area contributed by atoms with Crippen LogP contribution in [0.2, 0.25) is 0 Å². The third-order valence-corrected chi connectivity index (χ3v) is 4.49. The molecule has 0 spiro atoms. The first kappa shape index (κ1) is 15.0. The molecule has 116 valence electrons. The van der Waals surface area contributed by atoms with Crippen LogP contribution in [0.5, 0.6) is 0 Å². The summed E-state index contributed by atoms with van der Waals surface area (Å²) in [4.78, 5) is 27.5. The predicted octanol–water partition coefficient (Wildman–Crippen LogP) is 1.53. The van der Waals surface area contributed by atoms with Gasteiger partial charge in [-0.05, 0) is 49.2 Å². The molecule has 0 aromatic heterocycles. The van der Waals surface area contributed by atoms with Crippen LogP contribution in [0.15, 0.2) is 24.3 Å². The van der Waals surface area contributed by atoms with Gasteiger partial charge in [0.05, 0.1) is 13.1 Å². The van der Waals surface area contributed by atoms with E-state index in [1.165, 1.54) is 6.42 Å². The van der Waals surface area contributed by atoms with Gasteiger partial charge < -0.3 is 10.2 Å². The van der Waals surface area contributed by atoms with Crippen molar-refractivity contribution in [3.05, 3.63) is 35.4 Å². The minimum atomic E-state index is -0.0153. The molecule has 2 saturated heterocycles. The standard InChI is InChI=1S/C16H19N3O2S/c20-14-10-17-16(22)19(14)11-12-4-6-13(7-5-12)15(21)18-8-2-1-3-9-18/h4-7H,1-3,8-11H2,(H,17,22). The van der Waals surface area contributed by atoms with E-state index in [-0.39, 0.29) is 18.4 Å². The van der Waals surface area contributed by atoms with Gasteiger partial charge in [0.15, 0.2) is 5.11 Å². The molecule has 0 radical (unpaired) electrons. The van der Waals surface area contributed by atoms with Gasteiger partial charge in [-0.15, -0.1) is 0 Å². The van der Waals surface area contributed by atoms with Gasteiger partial charge in [0.25, 0.3) is 5.91 Å². The topological polar surface area (TPSA) is 52.7 Å². The number of thiocarbonyl (C=S) groups is 1. The fourth-order valence-electron chi connectivity index (χ4n) is 2.83. The van der Waals surface area contributed by atoms with Gasteiger partial charge >= 0.3 is 0 Å². The highest BCUT2D eigenvalue weighted by Gasteiger charge is 2.25. The third kappa shape index (κ3) is 3.11. The van der Waals surface area contributed by atoms with Crippen molar-refractivity contribution in [1.29, 1.82) is 0 Å². The molecule has 0 unspecified atom stereocenters. The first-order valence-electron chi connectivity index (χ1n) is 7.61. The summed E-state index contributed by atoms with van der Waals surface area (Å²) in [5.41, 5.74) is 1.67. The van der Waals surface area contributed by atoms with E-state index in [2.05, 4.69) is 5.32 Å². The molecule has 0 atom stereocenters. The molecule has 1 aromatic rings. The van der Waals surface area contributed by atoms with Crippen molar-refractivity contribution in [2.75, 3.05) is 19.6 Å². The van der Waals surface area contributed by atoms with Gasteiger partial charge in [-0.25, -0.2) is 0 Å². The van der Waals surface area contributed by atoms with Crippen LogP contribution in [0, 0.1) is 0 Å². The number of likely N-dealkylation sites (tertiary alicyclic amines) is 1. The highest BCUT2D eigenvalue weighted by atomic mass is 32.1. The number of carbonyl (C=O) groups is 2. The Morgan fingerprint density at radius 1 is 1.14 bits per heavy atom. The number of piperidine rings is 1. The number of amides is 2. The molecule has 2 amide bonds. The number of rotatable bonds is 3. The van der Waals surface area contributed by atoms with Crippen LogP contribution in [0.1, 0.15) is 35.2 Å². The van der Waals surface area contributed by atoms with E-state index >= 15 is 0 Å². The zero-order valence-corrected chi connectivity index (χ0v) is 13.2. The Morgan fingerprint density at radius 3 is 2.41 bits per heavy atom. The zero-order chi connectivity index (χ0) is 15.5. The summed E-state index contributed by atoms with van der Waals surface area (Å²) in [5, 5.41) is 3.33. The quantitative estimate of drug-likeness (QED) is 0.859. The van der Waals surface area contributed by atoms with Gasteiger partial charge in [-0.2, -0.15) is 0 Å². The highest BCUT2D eigenvalue weighted by Crippen LogP contribution is 2.15. The molecule has 5 nitrogen and oxygen atoms in total. The normalized spacial score (nSPS) is 18.5. The molecular weight excluding hydrogens is 298 g/mol. The molecule has 2 heterocycles. The second-order valence-corrected chi connectivity index (χ2v) is 6.08. The molecule has 2 aliphatic heterocycles. The van der Waals surface area contributed by atoms with Crippen LogP contribution in [-0.2, 0) is 11.3 Å². The Bertz CT molecular complexity index is 578. The second-order valence-electron chi connectivity index (χ2n) is 5.69. The van der Waals surface area contributed by atoms with Gasteiger partial charge in [-0.1, -0.05) is 12.1 Å². The lowest BCUT2D eigenvalue weighted by Gasteiger charge is -2.26. The van der Waals surface area contributed by atoms with Crippen LogP contribution in [0.25, 0.3) is 0 Å². The van der Waals surface area contributed by atoms with Crippen molar-refractivity contribution < 1.29 is 9.59 Å². The molecule has 1 N–H and O–H groups in total. The van der Waals surface area contributed by atoms with E-state index < -0.39 is 0 Å². The van der Waals surface area contributed by atoms with Crippen molar-refractivity contribution in [2.24, 2.45) is 0 Å². The Morgan fingerprint density at radius 2 is 1.82 bits per heavy atom. The number of nitrogens with zero attached hydrogens (tertiary/aromatic N) is 2. The molecular formula is C16H19N3O2S. The molecule has 3 rings (SSSR count). The summed E-state index contributed by atoms with van der Waals surface area (Å²) >= 11 is 5.10. The maximum atomic E-state index is 12.4. The van der Waals surface area contributed by atoms with Gasteiger partial charge in [0, 0.05) is 18.7 Å². The molecule has 0 saturated carbocycles. The van der Waals surface area contributed by atoms with Crippen molar-refractivity contribution in [2.45, 2.75) is 25.8 Å². The Balaban J connectivity index is 1.66. The molecule has 1 aromatic carbocycles. The summed E-state index contributed by atoms with van der Waals surface area (Å²) in [5.74, 6) is 0.0826. The van der Waals surface area contributed by atoms with Gasteiger partial charge in [0.1, 0.15) is 0 Å². The highest BCUT2D eigenvalue weighted by molar-refractivity contribution is 7.80. The average Bonchev–Trinajstić information content (AvgIpc) is 2.88. The number of hydrogen-bond acceptors (Lipinski definition) is 3. The van der Waals surface area contributed by atoms with E-state index in [1.807, 2.05) is 29.2 Å². The predicted molar refractivity (Wildman–Crippen MR) is 87.3 cm³/mol. The monoisotopic (exact) mass is 317 g/mol. The summed E-state index contributed by atoms with van der Waals surface area (Å²) in [6.45, 7) is 2.42. The minimum absolute atomic E-state index is 0.0153. The third-order valence-electron chi connectivity index (χ3n) is 4.12. The Kier molecular flexibility index (Phi) is 4.38. The minimum Gasteiger partial charge on any atom is -0.353 e. The second kappa shape index (κ2) is 6.44. The Labute approximate surface area is 135 Å². The van der Waals surface area contributed by atoms with Crippen LogP contribution < -0.4 is 5.32 Å². The van der Waals surface area contributed by atoms with Gasteiger partial charge in [0.2, 0.25) is 5.91 Å². The van der Waals surface area contributed by atoms with Crippen molar-refractivity contribution in [3.8, 4) is 0 Å². The summed E-state index contributed by atoms with van der Waals surface area (Å²) in [6, 6.07) is 7.46. The van der Waals surface area contributed by atoms with E-state index in [4.69, 9.17) is 12.2 Å². The number of nitrogens with one attached hydrogen (secondary N) is 1. The molecule has 22 heavy (non-hydrogen) atoms. The molecule has 0 aliphatic carbocycles. The largest absolute Gasteiger partial charge is 0.353 e. The summed E-state index contributed by atoms with van der Waals surface area (Å²) in [6.07, 6.45) is 3.39. The first-order valence-corrected chi connectivity index (χ1v) is 8.02. The van der Waals surface area contributed by atoms with Crippen molar-refractivity contribution in [3.63, 3.8) is 0 Å². The van der Waals surface area contributed by atoms with Crippen LogP contribution in [0.4, 0.5) is 0 Å². The molecule has 2 aliphatic rings. The van der Waals surface area contributed by atoms with E-state index in [1.54, 1.807) is 4.90 Å². The lowest BCUT2D eigenvalue weighted by atomic mass is 10.1. The average molecular weight is 317 g/mol. The van der Waals surface area contributed by atoms with Crippen molar-refractivity contribution >= 4 is 29.1 Å². The number of carbonyl (C=O) groups excluding carboxylic acids is 2. The first-order chi connectivity index (χ1) is 10.6. The van der Waals surface area contributed by atoms with Crippen LogP contribution in [-0.4, -0.2) is 46.4 Å². The number of benzene rings is 1. The van der Waals surface area contributed by atoms with Gasteiger partial charge in [-0.3, -0.25) is 14.5 Å². The number of hydrogen-bond donors (Lipinski definition) is 1. The summed E-state index contributed by atoms with van der Waals surface area (Å²) in [7, 11) is 0. The smallest absolute Gasteiger partial charge is 0.253 e. The van der Waals surface area contributed by atoms with E-state index in [0.717, 1.165) is 31.5 Å².